The Morgan fingerprint density at radius 1 is 1.03 bits per heavy atom. The van der Waals surface area contributed by atoms with E-state index in [-0.39, 0.29) is 0 Å². The molecular weight excluding hydrogens is 406 g/mol. The number of nitrogens with one attached hydrogen (secondary N) is 2. The zero-order valence-electron chi connectivity index (χ0n) is 18.4. The van der Waals surface area contributed by atoms with Crippen LogP contribution in [0, 0.1) is 5.92 Å². The van der Waals surface area contributed by atoms with Crippen molar-refractivity contribution in [3.63, 3.8) is 0 Å². The van der Waals surface area contributed by atoms with Crippen LogP contribution in [0.4, 0.5) is 5.69 Å². The first-order valence-electron chi connectivity index (χ1n) is 10.5. The van der Waals surface area contributed by atoms with Crippen LogP contribution in [0.3, 0.4) is 0 Å². The highest BCUT2D eigenvalue weighted by Crippen LogP contribution is 2.27. The highest BCUT2D eigenvalue weighted by Gasteiger charge is 2.21. The lowest BCUT2D eigenvalue weighted by atomic mass is 10.0. The standard InChI is InChI=1S/C25H27N3O4/c1-4-15-32-23-14-9-18-7-5-6-8-21(18)22(23)16-26-28-25(30)17(2)24(29)27-19-10-12-20(31-3)13-11-19/h5-14,16-17H,4,15H2,1-3H3,(H,27,29)(H,28,30). The van der Waals surface area contributed by atoms with E-state index in [0.29, 0.717) is 23.8 Å². The summed E-state index contributed by atoms with van der Waals surface area (Å²) in [5.41, 5.74) is 3.80. The van der Waals surface area contributed by atoms with Crippen LogP contribution in [0.25, 0.3) is 10.8 Å². The van der Waals surface area contributed by atoms with Crippen molar-refractivity contribution in [1.29, 1.82) is 0 Å². The largest absolute Gasteiger partial charge is 0.497 e. The van der Waals surface area contributed by atoms with Gasteiger partial charge < -0.3 is 14.8 Å². The van der Waals surface area contributed by atoms with E-state index in [4.69, 9.17) is 9.47 Å². The van der Waals surface area contributed by atoms with Gasteiger partial charge in [-0.25, -0.2) is 5.43 Å². The van der Waals surface area contributed by atoms with E-state index in [1.165, 1.54) is 6.92 Å². The predicted octanol–water partition coefficient (Wildman–Crippen LogP) is 4.36. The molecule has 3 aromatic rings. The number of rotatable bonds is 9. The summed E-state index contributed by atoms with van der Waals surface area (Å²) in [6.07, 6.45) is 2.43. The average molecular weight is 434 g/mol. The van der Waals surface area contributed by atoms with Crippen molar-refractivity contribution in [3.8, 4) is 11.5 Å². The van der Waals surface area contributed by atoms with Crippen LogP contribution in [0.15, 0.2) is 65.8 Å². The minimum absolute atomic E-state index is 0.431. The molecule has 166 valence electrons. The molecule has 1 unspecified atom stereocenters. The molecule has 0 bridgehead atoms. The van der Waals surface area contributed by atoms with Crippen molar-refractivity contribution < 1.29 is 19.1 Å². The predicted molar refractivity (Wildman–Crippen MR) is 126 cm³/mol. The van der Waals surface area contributed by atoms with Crippen LogP contribution in [0.1, 0.15) is 25.8 Å². The molecule has 0 radical (unpaired) electrons. The molecule has 0 fully saturated rings. The zero-order chi connectivity index (χ0) is 22.9. The van der Waals surface area contributed by atoms with E-state index in [9.17, 15) is 9.59 Å². The average Bonchev–Trinajstić information content (AvgIpc) is 2.83. The van der Waals surface area contributed by atoms with Crippen LogP contribution in [0.2, 0.25) is 0 Å². The van der Waals surface area contributed by atoms with Gasteiger partial charge in [0.2, 0.25) is 5.91 Å². The van der Waals surface area contributed by atoms with Crippen LogP contribution in [-0.2, 0) is 9.59 Å². The molecule has 0 aromatic heterocycles. The second-order valence-corrected chi connectivity index (χ2v) is 7.22. The third-order valence-electron chi connectivity index (χ3n) is 4.90. The van der Waals surface area contributed by atoms with Gasteiger partial charge in [0.05, 0.1) is 19.9 Å². The fourth-order valence-corrected chi connectivity index (χ4v) is 3.05. The smallest absolute Gasteiger partial charge is 0.252 e. The van der Waals surface area contributed by atoms with E-state index < -0.39 is 17.7 Å². The number of hydrogen-bond acceptors (Lipinski definition) is 5. The van der Waals surface area contributed by atoms with E-state index >= 15 is 0 Å². The Morgan fingerprint density at radius 3 is 2.50 bits per heavy atom. The third kappa shape index (κ3) is 5.63. The maximum absolute atomic E-state index is 12.4. The number of nitrogens with zero attached hydrogens (tertiary/aromatic N) is 1. The van der Waals surface area contributed by atoms with Gasteiger partial charge >= 0.3 is 0 Å². The Kier molecular flexibility index (Phi) is 7.80. The van der Waals surface area contributed by atoms with Crippen molar-refractivity contribution in [2.24, 2.45) is 11.0 Å². The molecule has 0 aliphatic carbocycles. The maximum atomic E-state index is 12.4. The van der Waals surface area contributed by atoms with Gasteiger partial charge in [-0.1, -0.05) is 37.3 Å². The van der Waals surface area contributed by atoms with Crippen molar-refractivity contribution >= 4 is 34.5 Å². The van der Waals surface area contributed by atoms with Crippen LogP contribution in [0.5, 0.6) is 11.5 Å². The summed E-state index contributed by atoms with van der Waals surface area (Å²) >= 11 is 0. The number of amides is 2. The molecule has 1 atom stereocenters. The monoisotopic (exact) mass is 433 g/mol. The number of hydrogen-bond donors (Lipinski definition) is 2. The molecule has 0 aliphatic rings. The number of ether oxygens (including phenoxy) is 2. The first-order valence-corrected chi connectivity index (χ1v) is 10.5. The Hall–Kier alpha value is -3.87. The lowest BCUT2D eigenvalue weighted by Crippen LogP contribution is -2.34. The molecule has 7 heteroatoms. The van der Waals surface area contributed by atoms with Gasteiger partial charge in [-0.2, -0.15) is 5.10 Å². The minimum Gasteiger partial charge on any atom is -0.497 e. The highest BCUT2D eigenvalue weighted by molar-refractivity contribution is 6.07. The number of anilines is 1. The van der Waals surface area contributed by atoms with Crippen LogP contribution < -0.4 is 20.2 Å². The van der Waals surface area contributed by atoms with Crippen molar-refractivity contribution in [3.05, 3.63) is 66.2 Å². The zero-order valence-corrected chi connectivity index (χ0v) is 18.4. The van der Waals surface area contributed by atoms with Gasteiger partial charge in [-0.3, -0.25) is 9.59 Å². The molecule has 3 aromatic carbocycles. The maximum Gasteiger partial charge on any atom is 0.252 e. The molecule has 0 heterocycles. The Bertz CT molecular complexity index is 1110. The van der Waals surface area contributed by atoms with Gasteiger partial charge in [0.1, 0.15) is 17.4 Å². The van der Waals surface area contributed by atoms with Gasteiger partial charge in [0.15, 0.2) is 0 Å². The van der Waals surface area contributed by atoms with Crippen molar-refractivity contribution in [2.45, 2.75) is 20.3 Å². The van der Waals surface area contributed by atoms with Gasteiger partial charge in [0, 0.05) is 11.3 Å². The summed E-state index contributed by atoms with van der Waals surface area (Å²) < 4.78 is 10.9. The molecule has 32 heavy (non-hydrogen) atoms. The summed E-state index contributed by atoms with van der Waals surface area (Å²) in [4.78, 5) is 24.9. The van der Waals surface area contributed by atoms with E-state index in [2.05, 4.69) is 15.8 Å². The van der Waals surface area contributed by atoms with E-state index in [0.717, 1.165) is 22.8 Å². The minimum atomic E-state index is -0.933. The Morgan fingerprint density at radius 2 is 1.78 bits per heavy atom. The summed E-state index contributed by atoms with van der Waals surface area (Å²) in [5.74, 6) is -0.506. The fraction of sp³-hybridized carbons (Fsp3) is 0.240. The molecular formula is C25H27N3O4. The molecule has 2 amide bonds. The van der Waals surface area contributed by atoms with Gasteiger partial charge in [-0.15, -0.1) is 0 Å². The number of fused-ring (bicyclic) bond motifs is 1. The molecule has 7 nitrogen and oxygen atoms in total. The summed E-state index contributed by atoms with van der Waals surface area (Å²) in [5, 5.41) is 8.80. The molecule has 0 spiro atoms. The van der Waals surface area contributed by atoms with Gasteiger partial charge in [0.25, 0.3) is 5.91 Å². The topological polar surface area (TPSA) is 89.0 Å². The SMILES string of the molecule is CCCOc1ccc2ccccc2c1C=NNC(=O)C(C)C(=O)Nc1ccc(OC)cc1. The number of benzene rings is 3. The summed E-state index contributed by atoms with van der Waals surface area (Å²) in [7, 11) is 1.57. The third-order valence-corrected chi connectivity index (χ3v) is 4.90. The van der Waals surface area contributed by atoms with Crippen molar-refractivity contribution in [1.82, 2.24) is 5.43 Å². The molecule has 0 saturated heterocycles. The number of methoxy groups -OCH3 is 1. The van der Waals surface area contributed by atoms with Crippen molar-refractivity contribution in [2.75, 3.05) is 19.0 Å². The lowest BCUT2D eigenvalue weighted by molar-refractivity contribution is -0.131. The molecule has 3 rings (SSSR count). The first-order chi connectivity index (χ1) is 15.5. The fourth-order valence-electron chi connectivity index (χ4n) is 3.05. The second-order valence-electron chi connectivity index (χ2n) is 7.22. The number of carbonyl (C=O) groups excluding carboxylic acids is 2. The Labute approximate surface area is 187 Å². The molecule has 0 aliphatic heterocycles. The molecule has 2 N–H and O–H groups in total. The molecule has 0 saturated carbocycles. The summed E-state index contributed by atoms with van der Waals surface area (Å²) in [6.45, 7) is 4.14. The number of carbonyl (C=O) groups is 2. The van der Waals surface area contributed by atoms with Crippen LogP contribution >= 0.6 is 0 Å². The van der Waals surface area contributed by atoms with E-state index in [1.807, 2.05) is 43.3 Å². The number of hydrazone groups is 1. The quantitative estimate of drug-likeness (QED) is 0.298. The summed E-state index contributed by atoms with van der Waals surface area (Å²) in [6, 6.07) is 18.6. The van der Waals surface area contributed by atoms with Crippen LogP contribution in [-0.4, -0.2) is 31.7 Å². The highest BCUT2D eigenvalue weighted by atomic mass is 16.5. The van der Waals surface area contributed by atoms with Gasteiger partial charge in [-0.05, 0) is 54.4 Å². The second kappa shape index (κ2) is 10.9. The lowest BCUT2D eigenvalue weighted by Gasteiger charge is -2.12. The Balaban J connectivity index is 1.68. The normalized spacial score (nSPS) is 11.8. The first kappa shape index (κ1) is 22.8. The van der Waals surface area contributed by atoms with E-state index in [1.54, 1.807) is 37.6 Å².